The van der Waals surface area contributed by atoms with Crippen LogP contribution < -0.4 is 4.74 Å². The molecule has 0 saturated carbocycles. The predicted octanol–water partition coefficient (Wildman–Crippen LogP) is 3.45. The second kappa shape index (κ2) is 5.28. The number of benzene rings is 1. The minimum absolute atomic E-state index is 0.114. The number of ether oxygens (including phenoxy) is 1. The second-order valence-electron chi connectivity index (χ2n) is 5.34. The van der Waals surface area contributed by atoms with Gasteiger partial charge in [0.15, 0.2) is 17.1 Å². The van der Waals surface area contributed by atoms with Crippen LogP contribution in [0.4, 0.5) is 0 Å². The van der Waals surface area contributed by atoms with E-state index in [1.54, 1.807) is 12.1 Å². The van der Waals surface area contributed by atoms with E-state index >= 15 is 0 Å². The number of allylic oxidation sites excluding steroid dienone is 4. The van der Waals surface area contributed by atoms with Crippen molar-refractivity contribution < 1.29 is 9.84 Å². The Labute approximate surface area is 133 Å². The highest BCUT2D eigenvalue weighted by Gasteiger charge is 2.12. The molecule has 0 unspecified atom stereocenters. The molecule has 1 N–H and O–H groups in total. The van der Waals surface area contributed by atoms with Gasteiger partial charge in [-0.15, -0.1) is 0 Å². The lowest BCUT2D eigenvalue weighted by Gasteiger charge is -2.08. The monoisotopic (exact) mass is 305 g/mol. The van der Waals surface area contributed by atoms with Crippen LogP contribution in [0.25, 0.3) is 22.5 Å². The molecule has 1 aliphatic carbocycles. The minimum atomic E-state index is 0.114. The highest BCUT2D eigenvalue weighted by atomic mass is 16.5. The van der Waals surface area contributed by atoms with Gasteiger partial charge in [0, 0.05) is 5.56 Å². The Balaban J connectivity index is 1.83. The van der Waals surface area contributed by atoms with Gasteiger partial charge in [-0.2, -0.15) is 5.10 Å². The molecular weight excluding hydrogens is 290 g/mol. The molecule has 0 bridgehead atoms. The van der Waals surface area contributed by atoms with E-state index in [2.05, 4.69) is 17.1 Å². The minimum Gasteiger partial charge on any atom is -0.504 e. The Morgan fingerprint density at radius 2 is 2.13 bits per heavy atom. The first kappa shape index (κ1) is 13.6. The SMILES string of the molecule is COc1cc(-c2ccc3ncc(C4=CC=CC4)n3n2)ccc1O. The van der Waals surface area contributed by atoms with Crippen LogP contribution in [0.3, 0.4) is 0 Å². The van der Waals surface area contributed by atoms with Crippen molar-refractivity contribution in [2.45, 2.75) is 6.42 Å². The van der Waals surface area contributed by atoms with Crippen LogP contribution in [0, 0.1) is 0 Å². The number of aromatic nitrogens is 3. The summed E-state index contributed by atoms with van der Waals surface area (Å²) in [5.41, 5.74) is 4.67. The molecule has 0 amide bonds. The number of hydrogen-bond acceptors (Lipinski definition) is 4. The van der Waals surface area contributed by atoms with Gasteiger partial charge >= 0.3 is 0 Å². The lowest BCUT2D eigenvalue weighted by atomic mass is 10.1. The van der Waals surface area contributed by atoms with Gasteiger partial charge in [0.2, 0.25) is 0 Å². The summed E-state index contributed by atoms with van der Waals surface area (Å²) in [4.78, 5) is 4.41. The number of imidazole rings is 1. The first-order chi connectivity index (χ1) is 11.3. The van der Waals surface area contributed by atoms with E-state index in [0.29, 0.717) is 5.75 Å². The molecule has 2 heterocycles. The fourth-order valence-electron chi connectivity index (χ4n) is 2.72. The van der Waals surface area contributed by atoms with Crippen molar-refractivity contribution in [3.05, 3.63) is 60.5 Å². The number of hydrogen-bond donors (Lipinski definition) is 1. The van der Waals surface area contributed by atoms with Gasteiger partial charge in [-0.3, -0.25) is 0 Å². The Bertz CT molecular complexity index is 954. The van der Waals surface area contributed by atoms with Crippen LogP contribution in [0.5, 0.6) is 11.5 Å². The lowest BCUT2D eigenvalue weighted by molar-refractivity contribution is 0.373. The molecule has 3 aromatic rings. The van der Waals surface area contributed by atoms with Gasteiger partial charge in [-0.05, 0) is 42.3 Å². The number of phenols is 1. The van der Waals surface area contributed by atoms with E-state index in [4.69, 9.17) is 9.84 Å². The number of nitrogens with zero attached hydrogens (tertiary/aromatic N) is 3. The van der Waals surface area contributed by atoms with Gasteiger partial charge in [0.25, 0.3) is 0 Å². The highest BCUT2D eigenvalue weighted by Crippen LogP contribution is 2.31. The smallest absolute Gasteiger partial charge is 0.161 e. The van der Waals surface area contributed by atoms with E-state index in [9.17, 15) is 5.11 Å². The van der Waals surface area contributed by atoms with E-state index in [-0.39, 0.29) is 5.75 Å². The van der Waals surface area contributed by atoms with Crippen molar-refractivity contribution in [1.29, 1.82) is 0 Å². The quantitative estimate of drug-likeness (QED) is 0.805. The van der Waals surface area contributed by atoms with E-state index in [1.165, 1.54) is 12.7 Å². The fraction of sp³-hybridized carbons (Fsp3) is 0.111. The summed E-state index contributed by atoms with van der Waals surface area (Å²) in [6.07, 6.45) is 8.99. The first-order valence-corrected chi connectivity index (χ1v) is 7.34. The number of methoxy groups -OCH3 is 1. The lowest BCUT2D eigenvalue weighted by Crippen LogP contribution is -1.98. The van der Waals surface area contributed by atoms with Gasteiger partial charge in [-0.1, -0.05) is 18.2 Å². The molecule has 5 heteroatoms. The Morgan fingerprint density at radius 1 is 1.22 bits per heavy atom. The summed E-state index contributed by atoms with van der Waals surface area (Å²) in [5.74, 6) is 0.542. The van der Waals surface area contributed by atoms with Crippen molar-refractivity contribution in [1.82, 2.24) is 14.6 Å². The Morgan fingerprint density at radius 3 is 2.91 bits per heavy atom. The molecule has 114 valence electrons. The summed E-state index contributed by atoms with van der Waals surface area (Å²) in [6.45, 7) is 0. The molecule has 0 spiro atoms. The summed E-state index contributed by atoms with van der Waals surface area (Å²) in [5, 5.41) is 14.4. The van der Waals surface area contributed by atoms with Gasteiger partial charge < -0.3 is 9.84 Å². The predicted molar refractivity (Wildman–Crippen MR) is 88.4 cm³/mol. The van der Waals surface area contributed by atoms with Crippen molar-refractivity contribution in [3.8, 4) is 22.8 Å². The van der Waals surface area contributed by atoms with Crippen LogP contribution in [0.1, 0.15) is 12.1 Å². The highest BCUT2D eigenvalue weighted by molar-refractivity contribution is 5.71. The Hall–Kier alpha value is -3.08. The molecule has 1 aliphatic rings. The first-order valence-electron chi connectivity index (χ1n) is 7.34. The molecular formula is C18H15N3O2. The Kier molecular flexibility index (Phi) is 3.12. The van der Waals surface area contributed by atoms with E-state index in [1.807, 2.05) is 35.0 Å². The molecule has 0 aliphatic heterocycles. The third-order valence-corrected chi connectivity index (χ3v) is 3.94. The van der Waals surface area contributed by atoms with E-state index < -0.39 is 0 Å². The van der Waals surface area contributed by atoms with Crippen molar-refractivity contribution in [2.75, 3.05) is 7.11 Å². The van der Waals surface area contributed by atoms with Crippen molar-refractivity contribution >= 4 is 11.2 Å². The summed E-state index contributed by atoms with van der Waals surface area (Å²) in [7, 11) is 1.53. The van der Waals surface area contributed by atoms with E-state index in [0.717, 1.165) is 29.0 Å². The van der Waals surface area contributed by atoms with Crippen LogP contribution >= 0.6 is 0 Å². The average molecular weight is 305 g/mol. The maximum absolute atomic E-state index is 9.73. The van der Waals surface area contributed by atoms with Gasteiger partial charge in [0.05, 0.1) is 24.7 Å². The second-order valence-corrected chi connectivity index (χ2v) is 5.34. The number of fused-ring (bicyclic) bond motifs is 1. The van der Waals surface area contributed by atoms with Crippen LogP contribution in [-0.4, -0.2) is 26.8 Å². The molecule has 0 fully saturated rings. The summed E-state index contributed by atoms with van der Waals surface area (Å²) < 4.78 is 7.02. The topological polar surface area (TPSA) is 59.7 Å². The summed E-state index contributed by atoms with van der Waals surface area (Å²) >= 11 is 0. The van der Waals surface area contributed by atoms with Crippen LogP contribution in [0.15, 0.2) is 54.8 Å². The number of phenolic OH excluding ortho intramolecular Hbond substituents is 1. The van der Waals surface area contributed by atoms with Gasteiger partial charge in [0.1, 0.15) is 0 Å². The molecule has 4 rings (SSSR count). The van der Waals surface area contributed by atoms with Crippen LogP contribution in [0.2, 0.25) is 0 Å². The largest absolute Gasteiger partial charge is 0.504 e. The van der Waals surface area contributed by atoms with Crippen molar-refractivity contribution in [3.63, 3.8) is 0 Å². The summed E-state index contributed by atoms with van der Waals surface area (Å²) in [6, 6.07) is 9.06. The normalized spacial score (nSPS) is 13.5. The van der Waals surface area contributed by atoms with Crippen LogP contribution in [-0.2, 0) is 0 Å². The number of rotatable bonds is 3. The molecule has 0 saturated heterocycles. The molecule has 5 nitrogen and oxygen atoms in total. The average Bonchev–Trinajstić information content (AvgIpc) is 3.23. The standard InChI is InChI=1S/C18H15N3O2/c1-23-17-10-13(6-8-16(17)22)14-7-9-18-19-11-15(21(18)20-14)12-4-2-3-5-12/h2-4,6-11,22H,5H2,1H3. The van der Waals surface area contributed by atoms with Gasteiger partial charge in [-0.25, -0.2) is 9.50 Å². The molecule has 0 atom stereocenters. The molecule has 23 heavy (non-hydrogen) atoms. The molecule has 0 radical (unpaired) electrons. The maximum Gasteiger partial charge on any atom is 0.161 e. The zero-order valence-corrected chi connectivity index (χ0v) is 12.6. The fourth-order valence-corrected chi connectivity index (χ4v) is 2.72. The zero-order valence-electron chi connectivity index (χ0n) is 12.6. The molecule has 1 aromatic carbocycles. The third kappa shape index (κ3) is 2.26. The number of aromatic hydroxyl groups is 1. The maximum atomic E-state index is 9.73. The zero-order chi connectivity index (χ0) is 15.8. The van der Waals surface area contributed by atoms with Crippen molar-refractivity contribution in [2.24, 2.45) is 0 Å². The third-order valence-electron chi connectivity index (χ3n) is 3.94. The molecule has 2 aromatic heterocycles.